The van der Waals surface area contributed by atoms with Crippen molar-refractivity contribution in [1.82, 2.24) is 0 Å². The predicted molar refractivity (Wildman–Crippen MR) is 67.9 cm³/mol. The summed E-state index contributed by atoms with van der Waals surface area (Å²) in [5.74, 6) is 2.94. The molecule has 4 fully saturated rings. The Labute approximate surface area is 109 Å². The average molecular weight is 246 g/mol. The van der Waals surface area contributed by atoms with E-state index in [1.54, 1.807) is 0 Å². The first-order valence-corrected chi connectivity index (χ1v) is 7.80. The number of carbonyl (C=O) groups is 2. The molecule has 0 heterocycles. The van der Waals surface area contributed by atoms with Crippen molar-refractivity contribution in [1.29, 1.82) is 0 Å². The van der Waals surface area contributed by atoms with Gasteiger partial charge >= 0.3 is 0 Å². The summed E-state index contributed by atoms with van der Waals surface area (Å²) in [6.45, 7) is 0. The minimum atomic E-state index is 0.0275. The number of carbonyl (C=O) groups excluding carboxylic acids is 2. The number of hydrogen-bond acceptors (Lipinski definition) is 2. The van der Waals surface area contributed by atoms with Crippen molar-refractivity contribution >= 4 is 11.6 Å². The lowest BCUT2D eigenvalue weighted by Crippen LogP contribution is -2.34. The van der Waals surface area contributed by atoms with E-state index >= 15 is 0 Å². The molecule has 0 aromatic carbocycles. The van der Waals surface area contributed by atoms with Gasteiger partial charge in [0.15, 0.2) is 0 Å². The van der Waals surface area contributed by atoms with Crippen LogP contribution in [0.2, 0.25) is 0 Å². The van der Waals surface area contributed by atoms with Gasteiger partial charge in [-0.15, -0.1) is 0 Å². The Morgan fingerprint density at radius 1 is 0.611 bits per heavy atom. The van der Waals surface area contributed by atoms with Crippen LogP contribution in [0, 0.1) is 35.5 Å². The molecule has 0 N–H and O–H groups in total. The second-order valence-electron chi connectivity index (χ2n) is 7.29. The topological polar surface area (TPSA) is 34.1 Å². The maximum atomic E-state index is 12.4. The van der Waals surface area contributed by atoms with Crippen molar-refractivity contribution in [3.63, 3.8) is 0 Å². The van der Waals surface area contributed by atoms with Gasteiger partial charge in [-0.3, -0.25) is 9.59 Å². The van der Waals surface area contributed by atoms with Gasteiger partial charge in [-0.1, -0.05) is 12.8 Å². The first-order chi connectivity index (χ1) is 8.72. The number of fused-ring (bicyclic) bond motifs is 4. The fraction of sp³-hybridized carbons (Fsp3) is 0.875. The van der Waals surface area contributed by atoms with Crippen LogP contribution in [0.5, 0.6) is 0 Å². The second kappa shape index (κ2) is 3.91. The highest BCUT2D eigenvalue weighted by Gasteiger charge is 2.49. The lowest BCUT2D eigenvalue weighted by Gasteiger charge is -2.24. The van der Waals surface area contributed by atoms with Gasteiger partial charge in [-0.2, -0.15) is 0 Å². The van der Waals surface area contributed by atoms with Crippen LogP contribution in [0.4, 0.5) is 0 Å². The zero-order chi connectivity index (χ0) is 12.3. The van der Waals surface area contributed by atoms with Crippen LogP contribution in [0.15, 0.2) is 0 Å². The van der Waals surface area contributed by atoms with Crippen LogP contribution in [0.25, 0.3) is 0 Å². The van der Waals surface area contributed by atoms with Gasteiger partial charge in [0.25, 0.3) is 0 Å². The minimum Gasteiger partial charge on any atom is -0.291 e. The van der Waals surface area contributed by atoms with E-state index < -0.39 is 0 Å². The summed E-state index contributed by atoms with van der Waals surface area (Å²) in [7, 11) is 0. The molecule has 0 aromatic rings. The molecule has 2 heteroatoms. The molecule has 0 radical (unpaired) electrons. The Bertz CT molecular complexity index is 362. The number of rotatable bonds is 3. The maximum absolute atomic E-state index is 12.4. The molecule has 4 aliphatic rings. The normalized spacial score (nSPS) is 48.9. The van der Waals surface area contributed by atoms with E-state index in [0.29, 0.717) is 11.8 Å². The van der Waals surface area contributed by atoms with Crippen molar-refractivity contribution in [3.8, 4) is 0 Å². The van der Waals surface area contributed by atoms with E-state index in [4.69, 9.17) is 0 Å². The van der Waals surface area contributed by atoms with Gasteiger partial charge in [0.1, 0.15) is 0 Å². The summed E-state index contributed by atoms with van der Waals surface area (Å²) in [4.78, 5) is 24.9. The van der Waals surface area contributed by atoms with E-state index in [2.05, 4.69) is 0 Å². The molecule has 0 aliphatic heterocycles. The van der Waals surface area contributed by atoms with Crippen LogP contribution < -0.4 is 0 Å². The number of ketones is 2. The monoisotopic (exact) mass is 246 g/mol. The number of Topliss-reactive ketones (excluding diaryl/α,β-unsaturated/α-hetero) is 2. The largest absolute Gasteiger partial charge is 0.291 e. The maximum Gasteiger partial charge on any atom is 0.202 e. The third-order valence-electron chi connectivity index (χ3n) is 6.39. The van der Waals surface area contributed by atoms with Crippen LogP contribution in [-0.4, -0.2) is 11.6 Å². The summed E-state index contributed by atoms with van der Waals surface area (Å²) in [5, 5.41) is 0. The SMILES string of the molecule is O=C(C(=O)C1CC2CCC1C2)C1CC2CCC1C2. The molecule has 0 aromatic heterocycles. The van der Waals surface area contributed by atoms with Crippen LogP contribution in [0.3, 0.4) is 0 Å². The molecular weight excluding hydrogens is 224 g/mol. The summed E-state index contributed by atoms with van der Waals surface area (Å²) in [6, 6.07) is 0. The molecule has 98 valence electrons. The molecule has 2 nitrogen and oxygen atoms in total. The average Bonchev–Trinajstić information content (AvgIpc) is 3.14. The molecule has 4 saturated carbocycles. The molecular formula is C16H22O2. The molecule has 0 amide bonds. The van der Waals surface area contributed by atoms with E-state index in [9.17, 15) is 9.59 Å². The smallest absolute Gasteiger partial charge is 0.202 e. The standard InChI is InChI=1S/C16H22O2/c17-15(13-7-9-1-3-11(13)5-9)16(18)14-8-10-2-4-12(14)6-10/h9-14H,1-8H2. The number of hydrogen-bond donors (Lipinski definition) is 0. The van der Waals surface area contributed by atoms with Crippen molar-refractivity contribution < 1.29 is 9.59 Å². The Balaban J connectivity index is 1.47. The van der Waals surface area contributed by atoms with Crippen LogP contribution in [0.1, 0.15) is 51.4 Å². The molecule has 0 saturated heterocycles. The summed E-state index contributed by atoms with van der Waals surface area (Å²) >= 11 is 0. The van der Waals surface area contributed by atoms with Gasteiger partial charge in [0.05, 0.1) is 0 Å². The fourth-order valence-corrected chi connectivity index (χ4v) is 5.50. The highest BCUT2D eigenvalue weighted by Crippen LogP contribution is 2.51. The Morgan fingerprint density at radius 2 is 1.06 bits per heavy atom. The quantitative estimate of drug-likeness (QED) is 0.717. The molecule has 0 spiro atoms. The minimum absolute atomic E-state index is 0.0275. The van der Waals surface area contributed by atoms with Gasteiger partial charge in [0.2, 0.25) is 11.6 Å². The van der Waals surface area contributed by atoms with Crippen LogP contribution in [-0.2, 0) is 9.59 Å². The van der Waals surface area contributed by atoms with Crippen LogP contribution >= 0.6 is 0 Å². The molecule has 18 heavy (non-hydrogen) atoms. The van der Waals surface area contributed by atoms with E-state index in [0.717, 1.165) is 24.7 Å². The Hall–Kier alpha value is -0.660. The van der Waals surface area contributed by atoms with Crippen molar-refractivity contribution in [2.45, 2.75) is 51.4 Å². The van der Waals surface area contributed by atoms with Gasteiger partial charge in [-0.05, 0) is 62.2 Å². The van der Waals surface area contributed by atoms with Crippen molar-refractivity contribution in [2.75, 3.05) is 0 Å². The zero-order valence-electron chi connectivity index (χ0n) is 10.9. The predicted octanol–water partition coefficient (Wildman–Crippen LogP) is 3.00. The summed E-state index contributed by atoms with van der Waals surface area (Å²) < 4.78 is 0. The van der Waals surface area contributed by atoms with E-state index in [-0.39, 0.29) is 23.4 Å². The molecule has 4 rings (SSSR count). The molecule has 4 bridgehead atoms. The molecule has 6 atom stereocenters. The van der Waals surface area contributed by atoms with E-state index in [1.807, 2.05) is 0 Å². The summed E-state index contributed by atoms with van der Waals surface area (Å²) in [5.41, 5.74) is 0. The highest BCUT2D eigenvalue weighted by molar-refractivity contribution is 6.39. The fourth-order valence-electron chi connectivity index (χ4n) is 5.50. The van der Waals surface area contributed by atoms with Crippen molar-refractivity contribution in [2.24, 2.45) is 35.5 Å². The zero-order valence-corrected chi connectivity index (χ0v) is 10.9. The Morgan fingerprint density at radius 3 is 1.33 bits per heavy atom. The molecule has 6 unspecified atom stereocenters. The lowest BCUT2D eigenvalue weighted by atomic mass is 9.78. The van der Waals surface area contributed by atoms with E-state index in [1.165, 1.54) is 38.5 Å². The van der Waals surface area contributed by atoms with Gasteiger partial charge in [0, 0.05) is 11.8 Å². The van der Waals surface area contributed by atoms with Crippen molar-refractivity contribution in [3.05, 3.63) is 0 Å². The Kier molecular flexibility index (Phi) is 2.43. The van der Waals surface area contributed by atoms with Gasteiger partial charge in [-0.25, -0.2) is 0 Å². The molecule has 4 aliphatic carbocycles. The first-order valence-electron chi connectivity index (χ1n) is 7.80. The third-order valence-corrected chi connectivity index (χ3v) is 6.39. The third kappa shape index (κ3) is 1.53. The lowest BCUT2D eigenvalue weighted by molar-refractivity contribution is -0.143. The summed E-state index contributed by atoms with van der Waals surface area (Å²) in [6.07, 6.45) is 9.50. The second-order valence-corrected chi connectivity index (χ2v) is 7.29. The first kappa shape index (κ1) is 11.2. The highest BCUT2D eigenvalue weighted by atomic mass is 16.2. The van der Waals surface area contributed by atoms with Gasteiger partial charge < -0.3 is 0 Å².